The van der Waals surface area contributed by atoms with Gasteiger partial charge in [0, 0.05) is 48.1 Å². The van der Waals surface area contributed by atoms with Crippen LogP contribution in [0.1, 0.15) is 20.7 Å². The summed E-state index contributed by atoms with van der Waals surface area (Å²) < 4.78 is 15.8. The van der Waals surface area contributed by atoms with Gasteiger partial charge in [-0.3, -0.25) is 14.9 Å². The van der Waals surface area contributed by atoms with Crippen molar-refractivity contribution >= 4 is 52.1 Å². The molecule has 0 atom stereocenters. The lowest BCUT2D eigenvalue weighted by Gasteiger charge is -2.36. The summed E-state index contributed by atoms with van der Waals surface area (Å²) in [6.07, 6.45) is 0. The summed E-state index contributed by atoms with van der Waals surface area (Å²) >= 11 is 11.4. The van der Waals surface area contributed by atoms with Crippen molar-refractivity contribution in [3.8, 4) is 17.2 Å². The van der Waals surface area contributed by atoms with Crippen LogP contribution in [0, 0.1) is 0 Å². The highest BCUT2D eigenvalue weighted by Gasteiger charge is 2.25. The number of hydrogen-bond donors (Lipinski definition) is 2. The number of nitrogens with zero attached hydrogens (tertiary/aromatic N) is 2. The molecular weight excluding hydrogens is 540 g/mol. The van der Waals surface area contributed by atoms with E-state index >= 15 is 0 Å². The molecule has 9 nitrogen and oxygen atoms in total. The number of hydrogen-bond acceptors (Lipinski definition) is 7. The van der Waals surface area contributed by atoms with Crippen LogP contribution in [-0.2, 0) is 0 Å². The number of piperazine rings is 1. The van der Waals surface area contributed by atoms with Gasteiger partial charge in [-0.2, -0.15) is 0 Å². The fourth-order valence-electron chi connectivity index (χ4n) is 4.26. The summed E-state index contributed by atoms with van der Waals surface area (Å²) in [4.78, 5) is 29.7. The first kappa shape index (κ1) is 28.0. The van der Waals surface area contributed by atoms with E-state index in [2.05, 4.69) is 15.5 Å². The van der Waals surface area contributed by atoms with E-state index in [1.165, 1.54) is 21.3 Å². The van der Waals surface area contributed by atoms with Crippen LogP contribution >= 0.6 is 23.8 Å². The largest absolute Gasteiger partial charge is 0.496 e. The van der Waals surface area contributed by atoms with Gasteiger partial charge in [0.25, 0.3) is 11.8 Å². The summed E-state index contributed by atoms with van der Waals surface area (Å²) in [6.45, 7) is 2.50. The minimum atomic E-state index is -0.368. The molecule has 1 fully saturated rings. The second-order valence-electron chi connectivity index (χ2n) is 8.65. The SMILES string of the molecule is COc1ccc(C(=O)NC(=S)Nc2ccc(N3CCN(C(=O)c4cc(Cl)ccc4OC)CC3)cc2)cc1OC. The van der Waals surface area contributed by atoms with E-state index < -0.39 is 0 Å². The zero-order chi connectivity index (χ0) is 27.9. The molecule has 0 aliphatic carbocycles. The monoisotopic (exact) mass is 568 g/mol. The van der Waals surface area contributed by atoms with E-state index in [4.69, 9.17) is 38.0 Å². The minimum Gasteiger partial charge on any atom is -0.496 e. The summed E-state index contributed by atoms with van der Waals surface area (Å²) in [7, 11) is 4.58. The second-order valence-corrected chi connectivity index (χ2v) is 9.49. The zero-order valence-corrected chi connectivity index (χ0v) is 23.4. The van der Waals surface area contributed by atoms with E-state index in [9.17, 15) is 9.59 Å². The van der Waals surface area contributed by atoms with Crippen LogP contribution in [0.15, 0.2) is 60.7 Å². The highest BCUT2D eigenvalue weighted by atomic mass is 35.5. The van der Waals surface area contributed by atoms with Gasteiger partial charge in [-0.05, 0) is 72.9 Å². The maximum atomic E-state index is 13.1. The number of rotatable bonds is 7. The van der Waals surface area contributed by atoms with Gasteiger partial charge in [0.15, 0.2) is 16.6 Å². The number of halogens is 1. The Morgan fingerprint density at radius 2 is 1.46 bits per heavy atom. The first-order chi connectivity index (χ1) is 18.8. The van der Waals surface area contributed by atoms with Crippen LogP contribution in [0.25, 0.3) is 0 Å². The molecule has 2 N–H and O–H groups in total. The summed E-state index contributed by atoms with van der Waals surface area (Å²) in [5.74, 6) is 1.02. The van der Waals surface area contributed by atoms with Crippen molar-refractivity contribution in [2.45, 2.75) is 0 Å². The number of carbonyl (C=O) groups excluding carboxylic acids is 2. The Hall–Kier alpha value is -4.02. The van der Waals surface area contributed by atoms with Gasteiger partial charge in [0.1, 0.15) is 5.75 Å². The van der Waals surface area contributed by atoms with Crippen molar-refractivity contribution in [3.63, 3.8) is 0 Å². The molecular formula is C28H29ClN4O5S. The van der Waals surface area contributed by atoms with Crippen molar-refractivity contribution in [3.05, 3.63) is 76.8 Å². The number of benzene rings is 3. The quantitative estimate of drug-likeness (QED) is 0.404. The lowest BCUT2D eigenvalue weighted by molar-refractivity contribution is 0.0743. The third kappa shape index (κ3) is 6.71. The minimum absolute atomic E-state index is 0.0998. The number of amides is 2. The van der Waals surface area contributed by atoms with Crippen molar-refractivity contribution in [1.82, 2.24) is 10.2 Å². The number of methoxy groups -OCH3 is 3. The van der Waals surface area contributed by atoms with Gasteiger partial charge in [0.2, 0.25) is 0 Å². The second kappa shape index (κ2) is 12.7. The summed E-state index contributed by atoms with van der Waals surface area (Å²) in [6, 6.07) is 17.6. The molecule has 0 spiro atoms. The number of thiocarbonyl (C=S) groups is 1. The van der Waals surface area contributed by atoms with E-state index in [1.807, 2.05) is 24.3 Å². The molecule has 39 heavy (non-hydrogen) atoms. The predicted molar refractivity (Wildman–Crippen MR) is 156 cm³/mol. The molecule has 0 bridgehead atoms. The van der Waals surface area contributed by atoms with E-state index in [0.29, 0.717) is 59.6 Å². The first-order valence-corrected chi connectivity index (χ1v) is 12.9. The van der Waals surface area contributed by atoms with Gasteiger partial charge in [-0.15, -0.1) is 0 Å². The Morgan fingerprint density at radius 3 is 2.10 bits per heavy atom. The smallest absolute Gasteiger partial charge is 0.257 e. The van der Waals surface area contributed by atoms with Gasteiger partial charge < -0.3 is 29.3 Å². The third-order valence-electron chi connectivity index (χ3n) is 6.32. The maximum absolute atomic E-state index is 13.1. The molecule has 3 aromatic carbocycles. The Morgan fingerprint density at radius 1 is 0.821 bits per heavy atom. The average molecular weight is 569 g/mol. The molecule has 1 saturated heterocycles. The molecule has 1 heterocycles. The van der Waals surface area contributed by atoms with Crippen LogP contribution in [-0.4, -0.2) is 69.3 Å². The predicted octanol–water partition coefficient (Wildman–Crippen LogP) is 4.46. The fourth-order valence-corrected chi connectivity index (χ4v) is 4.64. The first-order valence-electron chi connectivity index (χ1n) is 12.1. The lowest BCUT2D eigenvalue weighted by Crippen LogP contribution is -2.48. The molecule has 4 rings (SSSR count). The van der Waals surface area contributed by atoms with Crippen LogP contribution in [0.4, 0.5) is 11.4 Å². The zero-order valence-electron chi connectivity index (χ0n) is 21.8. The molecule has 0 unspecified atom stereocenters. The van der Waals surface area contributed by atoms with Crippen molar-refractivity contribution < 1.29 is 23.8 Å². The molecule has 0 aromatic heterocycles. The van der Waals surface area contributed by atoms with Crippen molar-refractivity contribution in [1.29, 1.82) is 0 Å². The average Bonchev–Trinajstić information content (AvgIpc) is 2.96. The molecule has 2 amide bonds. The molecule has 0 saturated carbocycles. The molecule has 1 aliphatic heterocycles. The number of anilines is 2. The molecule has 204 valence electrons. The van der Waals surface area contributed by atoms with Gasteiger partial charge >= 0.3 is 0 Å². The fraction of sp³-hybridized carbons (Fsp3) is 0.250. The standard InChI is InChI=1S/C28H29ClN4O5S/c1-36-23-11-5-19(29)17-22(23)27(35)33-14-12-32(13-15-33)21-8-6-20(7-9-21)30-28(39)31-26(34)18-4-10-24(37-2)25(16-18)38-3/h4-11,16-17H,12-15H2,1-3H3,(H2,30,31,34,39). The lowest BCUT2D eigenvalue weighted by atomic mass is 10.1. The molecule has 11 heteroatoms. The third-order valence-corrected chi connectivity index (χ3v) is 6.76. The Balaban J connectivity index is 1.30. The Labute approximate surface area is 237 Å². The van der Waals surface area contributed by atoms with Gasteiger partial charge in [-0.1, -0.05) is 11.6 Å². The van der Waals surface area contributed by atoms with E-state index in [1.54, 1.807) is 41.3 Å². The maximum Gasteiger partial charge on any atom is 0.257 e. The number of ether oxygens (including phenoxy) is 3. The topological polar surface area (TPSA) is 92.4 Å². The van der Waals surface area contributed by atoms with Crippen LogP contribution < -0.4 is 29.7 Å². The van der Waals surface area contributed by atoms with Crippen molar-refractivity contribution in [2.24, 2.45) is 0 Å². The highest BCUT2D eigenvalue weighted by Crippen LogP contribution is 2.28. The summed E-state index contributed by atoms with van der Waals surface area (Å²) in [5, 5.41) is 6.37. The summed E-state index contributed by atoms with van der Waals surface area (Å²) in [5.41, 5.74) is 2.60. The van der Waals surface area contributed by atoms with E-state index in [0.717, 1.165) is 11.4 Å². The molecule has 0 radical (unpaired) electrons. The van der Waals surface area contributed by atoms with Crippen LogP contribution in [0.2, 0.25) is 5.02 Å². The van der Waals surface area contributed by atoms with Crippen LogP contribution in [0.5, 0.6) is 17.2 Å². The number of nitrogens with one attached hydrogen (secondary N) is 2. The van der Waals surface area contributed by atoms with Gasteiger partial charge in [0.05, 0.1) is 26.9 Å². The number of carbonyl (C=O) groups is 2. The molecule has 1 aliphatic rings. The van der Waals surface area contributed by atoms with E-state index in [-0.39, 0.29) is 16.9 Å². The van der Waals surface area contributed by atoms with Crippen molar-refractivity contribution in [2.75, 3.05) is 57.7 Å². The molecule has 3 aromatic rings. The normalized spacial score (nSPS) is 12.9. The highest BCUT2D eigenvalue weighted by molar-refractivity contribution is 7.80. The van der Waals surface area contributed by atoms with Crippen LogP contribution in [0.3, 0.4) is 0 Å². The Bertz CT molecular complexity index is 1360. The van der Waals surface area contributed by atoms with Gasteiger partial charge in [-0.25, -0.2) is 0 Å². The Kier molecular flexibility index (Phi) is 9.11.